The Labute approximate surface area is 170 Å². The highest BCUT2D eigenvalue weighted by Crippen LogP contribution is 2.33. The van der Waals surface area contributed by atoms with Crippen LogP contribution < -0.4 is 19.7 Å². The first-order valence-electron chi connectivity index (χ1n) is 8.26. The van der Waals surface area contributed by atoms with Gasteiger partial charge in [0.15, 0.2) is 11.5 Å². The minimum atomic E-state index is -0.800. The second kappa shape index (κ2) is 7.85. The number of rotatable bonds is 4. The number of nitrogens with zero attached hydrogens (tertiary/aromatic N) is 1. The standard InChI is InChI=1S/C20H17BrN2O5/c1-11-9-13(7-8-15(11)21)23-19(25)14(18(24)22-20(23)26)10-12-5-4-6-16(27-2)17(12)28-3/h4-10H,1-3H3,(H,22,24,26). The van der Waals surface area contributed by atoms with Crippen molar-refractivity contribution in [3.8, 4) is 11.5 Å². The second-order valence-corrected chi connectivity index (χ2v) is 6.83. The average Bonchev–Trinajstić information content (AvgIpc) is 2.67. The lowest BCUT2D eigenvalue weighted by Gasteiger charge is -2.27. The molecule has 2 aromatic rings. The van der Waals surface area contributed by atoms with Crippen molar-refractivity contribution in [2.24, 2.45) is 0 Å². The van der Waals surface area contributed by atoms with Gasteiger partial charge in [0, 0.05) is 10.0 Å². The summed E-state index contributed by atoms with van der Waals surface area (Å²) in [7, 11) is 2.95. The third-order valence-corrected chi connectivity index (χ3v) is 5.12. The number of hydrogen-bond donors (Lipinski definition) is 1. The summed E-state index contributed by atoms with van der Waals surface area (Å²) in [5.41, 5.74) is 1.49. The minimum Gasteiger partial charge on any atom is -0.493 e. The fourth-order valence-corrected chi connectivity index (χ4v) is 3.09. The number of carbonyl (C=O) groups excluding carboxylic acids is 3. The highest BCUT2D eigenvalue weighted by atomic mass is 79.9. The topological polar surface area (TPSA) is 84.9 Å². The summed E-state index contributed by atoms with van der Waals surface area (Å²) in [5, 5.41) is 2.20. The minimum absolute atomic E-state index is 0.188. The Morgan fingerprint density at radius 1 is 1.07 bits per heavy atom. The van der Waals surface area contributed by atoms with Crippen LogP contribution in [0.5, 0.6) is 11.5 Å². The Morgan fingerprint density at radius 3 is 2.46 bits per heavy atom. The number of ether oxygens (including phenoxy) is 2. The van der Waals surface area contributed by atoms with Crippen molar-refractivity contribution < 1.29 is 23.9 Å². The van der Waals surface area contributed by atoms with E-state index in [0.717, 1.165) is 14.9 Å². The molecule has 0 aromatic heterocycles. The van der Waals surface area contributed by atoms with E-state index < -0.39 is 17.8 Å². The molecule has 1 aliphatic heterocycles. The van der Waals surface area contributed by atoms with Gasteiger partial charge in [-0.05, 0) is 42.8 Å². The molecule has 1 fully saturated rings. The van der Waals surface area contributed by atoms with E-state index in [-0.39, 0.29) is 5.57 Å². The number of methoxy groups -OCH3 is 2. The summed E-state index contributed by atoms with van der Waals surface area (Å²) in [4.78, 5) is 38.6. The van der Waals surface area contributed by atoms with Gasteiger partial charge in [-0.3, -0.25) is 14.9 Å². The van der Waals surface area contributed by atoms with Crippen LogP contribution in [0, 0.1) is 6.92 Å². The van der Waals surface area contributed by atoms with Gasteiger partial charge in [0.05, 0.1) is 19.9 Å². The molecule has 0 atom stereocenters. The number of nitrogens with one attached hydrogen (secondary N) is 1. The van der Waals surface area contributed by atoms with Gasteiger partial charge in [0.2, 0.25) is 0 Å². The number of aryl methyl sites for hydroxylation is 1. The molecular formula is C20H17BrN2O5. The van der Waals surface area contributed by atoms with Crippen LogP contribution >= 0.6 is 15.9 Å². The van der Waals surface area contributed by atoms with E-state index in [2.05, 4.69) is 21.2 Å². The molecule has 0 saturated carbocycles. The Morgan fingerprint density at radius 2 is 1.82 bits per heavy atom. The predicted octanol–water partition coefficient (Wildman–Crippen LogP) is 3.44. The number of para-hydroxylation sites is 1. The van der Waals surface area contributed by atoms with E-state index in [1.165, 1.54) is 20.3 Å². The van der Waals surface area contributed by atoms with Crippen molar-refractivity contribution in [1.82, 2.24) is 5.32 Å². The summed E-state index contributed by atoms with van der Waals surface area (Å²) in [6.07, 6.45) is 1.38. The van der Waals surface area contributed by atoms with Crippen molar-refractivity contribution in [2.45, 2.75) is 6.92 Å². The number of amides is 4. The van der Waals surface area contributed by atoms with Gasteiger partial charge in [0.25, 0.3) is 11.8 Å². The van der Waals surface area contributed by atoms with Crippen LogP contribution in [0.4, 0.5) is 10.5 Å². The molecule has 7 nitrogen and oxygen atoms in total. The molecule has 2 aromatic carbocycles. The van der Waals surface area contributed by atoms with E-state index in [4.69, 9.17) is 9.47 Å². The number of carbonyl (C=O) groups is 3. The molecule has 1 aliphatic rings. The van der Waals surface area contributed by atoms with E-state index in [1.54, 1.807) is 36.4 Å². The Hall–Kier alpha value is -3.13. The van der Waals surface area contributed by atoms with E-state index in [9.17, 15) is 14.4 Å². The molecule has 1 heterocycles. The van der Waals surface area contributed by atoms with Crippen LogP contribution in [-0.2, 0) is 9.59 Å². The fraction of sp³-hybridized carbons (Fsp3) is 0.150. The quantitative estimate of drug-likeness (QED) is 0.576. The first-order valence-corrected chi connectivity index (χ1v) is 9.05. The molecule has 0 unspecified atom stereocenters. The largest absolute Gasteiger partial charge is 0.493 e. The third-order valence-electron chi connectivity index (χ3n) is 4.23. The molecule has 1 saturated heterocycles. The van der Waals surface area contributed by atoms with Crippen molar-refractivity contribution in [1.29, 1.82) is 0 Å². The van der Waals surface area contributed by atoms with Gasteiger partial charge < -0.3 is 9.47 Å². The fourth-order valence-electron chi connectivity index (χ4n) is 2.84. The Balaban J connectivity index is 2.08. The summed E-state index contributed by atoms with van der Waals surface area (Å²) in [5.74, 6) is -0.664. The Kier molecular flexibility index (Phi) is 5.51. The zero-order chi connectivity index (χ0) is 20.4. The van der Waals surface area contributed by atoms with Crippen LogP contribution in [0.1, 0.15) is 11.1 Å². The monoisotopic (exact) mass is 444 g/mol. The van der Waals surface area contributed by atoms with Crippen molar-refractivity contribution in [2.75, 3.05) is 19.1 Å². The maximum Gasteiger partial charge on any atom is 0.335 e. The van der Waals surface area contributed by atoms with Crippen LogP contribution in [0.3, 0.4) is 0 Å². The van der Waals surface area contributed by atoms with E-state index >= 15 is 0 Å². The highest BCUT2D eigenvalue weighted by molar-refractivity contribution is 9.10. The summed E-state index contributed by atoms with van der Waals surface area (Å²) < 4.78 is 11.4. The Bertz CT molecular complexity index is 1020. The second-order valence-electron chi connectivity index (χ2n) is 5.97. The number of hydrogen-bond acceptors (Lipinski definition) is 5. The average molecular weight is 445 g/mol. The maximum atomic E-state index is 13.0. The van der Waals surface area contributed by atoms with Crippen LogP contribution in [0.2, 0.25) is 0 Å². The van der Waals surface area contributed by atoms with Gasteiger partial charge in [-0.2, -0.15) is 0 Å². The van der Waals surface area contributed by atoms with Crippen LogP contribution in [0.15, 0.2) is 46.4 Å². The molecule has 0 radical (unpaired) electrons. The molecule has 4 amide bonds. The molecule has 0 aliphatic carbocycles. The van der Waals surface area contributed by atoms with E-state index in [1.807, 2.05) is 6.92 Å². The summed E-state index contributed by atoms with van der Waals surface area (Å²) in [6, 6.07) is 9.32. The molecule has 3 rings (SSSR count). The van der Waals surface area contributed by atoms with Gasteiger partial charge in [0.1, 0.15) is 5.57 Å². The summed E-state index contributed by atoms with van der Waals surface area (Å²) in [6.45, 7) is 1.84. The molecule has 1 N–H and O–H groups in total. The normalized spacial score (nSPS) is 15.6. The molecule has 0 bridgehead atoms. The number of urea groups is 1. The smallest absolute Gasteiger partial charge is 0.335 e. The van der Waals surface area contributed by atoms with Crippen molar-refractivity contribution in [3.05, 3.63) is 57.6 Å². The third kappa shape index (κ3) is 3.50. The summed E-state index contributed by atoms with van der Waals surface area (Å²) >= 11 is 3.38. The van der Waals surface area contributed by atoms with Crippen LogP contribution in [-0.4, -0.2) is 32.1 Å². The molecule has 0 spiro atoms. The molecular weight excluding hydrogens is 428 g/mol. The molecule has 144 valence electrons. The SMILES string of the molecule is COc1cccc(C=C2C(=O)NC(=O)N(c3ccc(Br)c(C)c3)C2=O)c1OC. The lowest BCUT2D eigenvalue weighted by atomic mass is 10.1. The number of anilines is 1. The van der Waals surface area contributed by atoms with Crippen molar-refractivity contribution in [3.63, 3.8) is 0 Å². The number of barbiturate groups is 1. The van der Waals surface area contributed by atoms with E-state index in [0.29, 0.717) is 22.7 Å². The highest BCUT2D eigenvalue weighted by Gasteiger charge is 2.37. The van der Waals surface area contributed by atoms with Crippen molar-refractivity contribution >= 4 is 45.5 Å². The molecule has 8 heteroatoms. The van der Waals surface area contributed by atoms with Gasteiger partial charge >= 0.3 is 6.03 Å². The predicted molar refractivity (Wildman–Crippen MR) is 107 cm³/mol. The first kappa shape index (κ1) is 19.6. The van der Waals surface area contributed by atoms with Gasteiger partial charge in [-0.15, -0.1) is 0 Å². The van der Waals surface area contributed by atoms with Gasteiger partial charge in [-0.25, -0.2) is 9.69 Å². The van der Waals surface area contributed by atoms with Crippen LogP contribution in [0.25, 0.3) is 6.08 Å². The zero-order valence-corrected chi connectivity index (χ0v) is 17.0. The first-order chi connectivity index (χ1) is 13.4. The number of halogens is 1. The maximum absolute atomic E-state index is 13.0. The lowest BCUT2D eigenvalue weighted by molar-refractivity contribution is -0.122. The molecule has 28 heavy (non-hydrogen) atoms. The van der Waals surface area contributed by atoms with Gasteiger partial charge in [-0.1, -0.05) is 28.1 Å². The lowest BCUT2D eigenvalue weighted by Crippen LogP contribution is -2.54. The number of imide groups is 2. The zero-order valence-electron chi connectivity index (χ0n) is 15.4. The number of benzene rings is 2.